The number of benzene rings is 1. The Morgan fingerprint density at radius 2 is 2.16 bits per heavy atom. The lowest BCUT2D eigenvalue weighted by atomic mass is 9.75. The fourth-order valence-electron chi connectivity index (χ4n) is 4.49. The standard InChI is InChI=1S/C21H26FN5O5/c22-12-2-4-15(16(8-12)32-6-5-28)27-20-18-13-7-11(21(31)23-9-17(29)30)1-3-14(13)26-19(18)24-10-25-20/h2,4,8,11,13-14,24,26,28H,1,3,5-7,9-10H2,(H,23,31)(H,25,27)(H,29,30). The number of carboxylic acid groups (broad SMARTS) is 1. The van der Waals surface area contributed by atoms with Crippen LogP contribution in [0.1, 0.15) is 19.3 Å². The molecule has 0 aromatic heterocycles. The van der Waals surface area contributed by atoms with E-state index in [9.17, 15) is 14.0 Å². The Hall–Kier alpha value is -3.34. The van der Waals surface area contributed by atoms with Crippen molar-refractivity contribution in [2.45, 2.75) is 25.3 Å². The summed E-state index contributed by atoms with van der Waals surface area (Å²) in [6.45, 7) is -0.217. The predicted molar refractivity (Wildman–Crippen MR) is 113 cm³/mol. The number of carbonyl (C=O) groups is 2. The molecule has 3 unspecified atom stereocenters. The molecule has 6 N–H and O–H groups in total. The Bertz CT molecular complexity index is 966. The maximum atomic E-state index is 13.7. The smallest absolute Gasteiger partial charge is 0.322 e. The number of nitrogens with one attached hydrogen (secondary N) is 4. The van der Waals surface area contributed by atoms with Crippen LogP contribution in [-0.4, -0.2) is 60.4 Å². The molecule has 0 spiro atoms. The summed E-state index contributed by atoms with van der Waals surface area (Å²) in [6, 6.07) is 4.24. The van der Waals surface area contributed by atoms with Crippen LogP contribution >= 0.6 is 0 Å². The average molecular weight is 447 g/mol. The van der Waals surface area contributed by atoms with E-state index in [1.165, 1.54) is 12.1 Å². The molecule has 11 heteroatoms. The number of ether oxygens (including phenoxy) is 1. The molecule has 1 aliphatic carbocycles. The van der Waals surface area contributed by atoms with Gasteiger partial charge in [-0.25, -0.2) is 9.38 Å². The van der Waals surface area contributed by atoms with E-state index < -0.39 is 18.3 Å². The zero-order chi connectivity index (χ0) is 22.7. The first-order chi connectivity index (χ1) is 15.5. The third-order valence-corrected chi connectivity index (χ3v) is 5.90. The first-order valence-corrected chi connectivity index (χ1v) is 10.6. The van der Waals surface area contributed by atoms with E-state index in [0.717, 1.165) is 17.8 Å². The fourth-order valence-corrected chi connectivity index (χ4v) is 4.49. The molecule has 3 atom stereocenters. The number of aliphatic carboxylic acids is 1. The number of hydrogen-bond donors (Lipinski definition) is 6. The van der Waals surface area contributed by atoms with Crippen molar-refractivity contribution in [1.82, 2.24) is 16.0 Å². The monoisotopic (exact) mass is 447 g/mol. The molecule has 2 aliphatic heterocycles. The minimum absolute atomic E-state index is 0.000589. The molecule has 0 saturated heterocycles. The van der Waals surface area contributed by atoms with Crippen LogP contribution in [0.2, 0.25) is 0 Å². The van der Waals surface area contributed by atoms with E-state index in [-0.39, 0.29) is 42.7 Å². The van der Waals surface area contributed by atoms with Gasteiger partial charge in [0, 0.05) is 29.5 Å². The van der Waals surface area contributed by atoms with E-state index in [4.69, 9.17) is 14.9 Å². The number of carbonyl (C=O) groups excluding carboxylic acids is 1. The largest absolute Gasteiger partial charge is 0.489 e. The van der Waals surface area contributed by atoms with Gasteiger partial charge in [0.25, 0.3) is 0 Å². The lowest BCUT2D eigenvalue weighted by Gasteiger charge is -2.32. The van der Waals surface area contributed by atoms with Crippen LogP contribution in [0.4, 0.5) is 10.1 Å². The van der Waals surface area contributed by atoms with Gasteiger partial charge in [0.15, 0.2) is 0 Å². The molecule has 3 aliphatic rings. The predicted octanol–water partition coefficient (Wildman–Crippen LogP) is 0.368. The number of nitrogens with zero attached hydrogens (tertiary/aromatic N) is 1. The zero-order valence-corrected chi connectivity index (χ0v) is 17.4. The van der Waals surface area contributed by atoms with Crippen LogP contribution in [-0.2, 0) is 9.59 Å². The maximum absolute atomic E-state index is 13.7. The summed E-state index contributed by atoms with van der Waals surface area (Å²) in [7, 11) is 0. The third-order valence-electron chi connectivity index (χ3n) is 5.90. The Kier molecular flexibility index (Phi) is 6.45. The number of amidine groups is 1. The topological polar surface area (TPSA) is 144 Å². The highest BCUT2D eigenvalue weighted by molar-refractivity contribution is 6.10. The lowest BCUT2D eigenvalue weighted by molar-refractivity contribution is -0.138. The molecule has 0 bridgehead atoms. The van der Waals surface area contributed by atoms with Crippen molar-refractivity contribution in [3.8, 4) is 5.75 Å². The molecule has 32 heavy (non-hydrogen) atoms. The number of aliphatic hydroxyl groups excluding tert-OH is 1. The summed E-state index contributed by atoms with van der Waals surface area (Å²) in [5.41, 5.74) is 1.43. The highest BCUT2D eigenvalue weighted by atomic mass is 19.1. The quantitative estimate of drug-likeness (QED) is 0.352. The zero-order valence-electron chi connectivity index (χ0n) is 17.4. The Morgan fingerprint density at radius 1 is 1.31 bits per heavy atom. The number of anilines is 1. The number of aliphatic imine (C=N–C) groups is 1. The van der Waals surface area contributed by atoms with E-state index in [2.05, 4.69) is 26.3 Å². The number of halogens is 1. The van der Waals surface area contributed by atoms with Gasteiger partial charge < -0.3 is 36.2 Å². The van der Waals surface area contributed by atoms with Crippen LogP contribution in [0.25, 0.3) is 0 Å². The van der Waals surface area contributed by atoms with E-state index >= 15 is 0 Å². The Morgan fingerprint density at radius 3 is 2.94 bits per heavy atom. The second-order valence-corrected chi connectivity index (χ2v) is 7.95. The summed E-state index contributed by atoms with van der Waals surface area (Å²) in [5.74, 6) is -0.362. The number of amides is 1. The Balaban J connectivity index is 1.52. The number of hydrogen-bond acceptors (Lipinski definition) is 8. The van der Waals surface area contributed by atoms with Crippen LogP contribution < -0.4 is 26.0 Å². The maximum Gasteiger partial charge on any atom is 0.322 e. The van der Waals surface area contributed by atoms with Gasteiger partial charge in [-0.1, -0.05) is 0 Å². The van der Waals surface area contributed by atoms with Crippen molar-refractivity contribution in [3.63, 3.8) is 0 Å². The second kappa shape index (κ2) is 9.43. The van der Waals surface area contributed by atoms with Gasteiger partial charge in [-0.15, -0.1) is 0 Å². The number of rotatable bonds is 7. The molecule has 10 nitrogen and oxygen atoms in total. The van der Waals surface area contributed by atoms with E-state index in [0.29, 0.717) is 31.0 Å². The fraction of sp³-hybridized carbons (Fsp3) is 0.476. The van der Waals surface area contributed by atoms with Crippen LogP contribution in [0.5, 0.6) is 5.75 Å². The van der Waals surface area contributed by atoms with Crippen LogP contribution in [0, 0.1) is 17.7 Å². The summed E-state index contributed by atoms with van der Waals surface area (Å²) >= 11 is 0. The number of fused-ring (bicyclic) bond motifs is 2. The summed E-state index contributed by atoms with van der Waals surface area (Å²) in [6.07, 6.45) is 1.98. The van der Waals surface area contributed by atoms with Crippen LogP contribution in [0.15, 0.2) is 34.6 Å². The second-order valence-electron chi connectivity index (χ2n) is 7.95. The van der Waals surface area contributed by atoms with Gasteiger partial charge in [-0.2, -0.15) is 0 Å². The number of carboxylic acids is 1. The van der Waals surface area contributed by atoms with Crippen molar-refractivity contribution < 1.29 is 28.9 Å². The van der Waals surface area contributed by atoms with Crippen molar-refractivity contribution in [2.75, 3.05) is 31.7 Å². The normalized spacial score (nSPS) is 23.8. The minimum atomic E-state index is -1.08. The van der Waals surface area contributed by atoms with Crippen molar-refractivity contribution in [1.29, 1.82) is 0 Å². The molecule has 0 radical (unpaired) electrons. The van der Waals surface area contributed by atoms with Gasteiger partial charge >= 0.3 is 5.97 Å². The summed E-state index contributed by atoms with van der Waals surface area (Å²) in [5, 5.41) is 30.3. The van der Waals surface area contributed by atoms with Crippen molar-refractivity contribution >= 4 is 23.4 Å². The van der Waals surface area contributed by atoms with Gasteiger partial charge in [-0.3, -0.25) is 9.59 Å². The molecule has 2 heterocycles. The molecule has 1 amide bonds. The summed E-state index contributed by atoms with van der Waals surface area (Å²) in [4.78, 5) is 27.8. The molecule has 1 aromatic carbocycles. The first kappa shape index (κ1) is 21.9. The molecular formula is C21H26FN5O5. The van der Waals surface area contributed by atoms with E-state index in [1.54, 1.807) is 6.07 Å². The van der Waals surface area contributed by atoms with Gasteiger partial charge in [0.05, 0.1) is 12.3 Å². The third kappa shape index (κ3) is 4.62. The molecule has 1 saturated carbocycles. The first-order valence-electron chi connectivity index (χ1n) is 10.6. The van der Waals surface area contributed by atoms with Gasteiger partial charge in [0.1, 0.15) is 43.0 Å². The van der Waals surface area contributed by atoms with Gasteiger partial charge in [-0.05, 0) is 31.4 Å². The van der Waals surface area contributed by atoms with Crippen molar-refractivity contribution in [2.24, 2.45) is 16.8 Å². The summed E-state index contributed by atoms with van der Waals surface area (Å²) < 4.78 is 19.2. The van der Waals surface area contributed by atoms with E-state index in [1.807, 2.05) is 0 Å². The molecule has 4 rings (SSSR count). The van der Waals surface area contributed by atoms with Crippen LogP contribution in [0.3, 0.4) is 0 Å². The van der Waals surface area contributed by atoms with Gasteiger partial charge in [0.2, 0.25) is 5.91 Å². The highest BCUT2D eigenvalue weighted by Gasteiger charge is 2.43. The average Bonchev–Trinajstić information content (AvgIpc) is 3.16. The Labute approximate surface area is 183 Å². The molecular weight excluding hydrogens is 421 g/mol. The SMILES string of the molecule is O=C(O)CNC(=O)C1CCC2NC3=C(C(Nc4ccc(F)cc4OCCO)=NCN3)C2C1. The lowest BCUT2D eigenvalue weighted by Crippen LogP contribution is -2.42. The highest BCUT2D eigenvalue weighted by Crippen LogP contribution is 2.40. The molecule has 1 aromatic rings. The molecule has 172 valence electrons. The minimum Gasteiger partial charge on any atom is -0.489 e. The molecule has 1 fully saturated rings. The number of aliphatic hydroxyl groups is 1. The van der Waals surface area contributed by atoms with Crippen molar-refractivity contribution in [3.05, 3.63) is 35.4 Å².